The molecule has 3 rings (SSSR count). The van der Waals surface area contributed by atoms with Crippen molar-refractivity contribution in [1.29, 1.82) is 0 Å². The first kappa shape index (κ1) is 16.0. The van der Waals surface area contributed by atoms with Crippen molar-refractivity contribution >= 4 is 0 Å². The van der Waals surface area contributed by atoms with Gasteiger partial charge in [-0.15, -0.1) is 5.10 Å². The second-order valence-corrected chi connectivity index (χ2v) is 6.01. The van der Waals surface area contributed by atoms with E-state index in [9.17, 15) is 4.39 Å². The summed E-state index contributed by atoms with van der Waals surface area (Å²) in [5, 5.41) is 11.7. The molecule has 1 aromatic carbocycles. The van der Waals surface area contributed by atoms with Crippen LogP contribution in [0.4, 0.5) is 4.39 Å². The van der Waals surface area contributed by atoms with Crippen molar-refractivity contribution in [2.75, 3.05) is 13.1 Å². The maximum Gasteiger partial charge on any atom is 0.167 e. The summed E-state index contributed by atoms with van der Waals surface area (Å²) in [5.74, 6) is 0.671. The van der Waals surface area contributed by atoms with Gasteiger partial charge in [0.15, 0.2) is 5.82 Å². The first-order valence-electron chi connectivity index (χ1n) is 7.96. The topological polar surface area (TPSA) is 56.1 Å². The van der Waals surface area contributed by atoms with Crippen LogP contribution in [0.25, 0.3) is 0 Å². The van der Waals surface area contributed by atoms with Gasteiger partial charge in [-0.05, 0) is 47.9 Å². The van der Waals surface area contributed by atoms with E-state index < -0.39 is 0 Å². The Morgan fingerprint density at radius 3 is 2.57 bits per heavy atom. The van der Waals surface area contributed by atoms with E-state index in [0.717, 1.165) is 37.3 Å². The highest BCUT2D eigenvalue weighted by Gasteiger charge is 2.26. The van der Waals surface area contributed by atoms with Crippen molar-refractivity contribution in [3.8, 4) is 0 Å². The van der Waals surface area contributed by atoms with Crippen LogP contribution in [0.15, 0.2) is 24.3 Å². The summed E-state index contributed by atoms with van der Waals surface area (Å²) in [5.41, 5.74) is 1.01. The van der Waals surface area contributed by atoms with Crippen molar-refractivity contribution in [1.82, 2.24) is 25.1 Å². The number of hydrogen-bond donors (Lipinski definition) is 0. The summed E-state index contributed by atoms with van der Waals surface area (Å²) in [6.45, 7) is 4.59. The van der Waals surface area contributed by atoms with Gasteiger partial charge in [-0.3, -0.25) is 4.90 Å². The Balaban J connectivity index is 1.47. The molecule has 1 aliphatic heterocycles. The fraction of sp³-hybridized carbons (Fsp3) is 0.562. The number of nitrogens with zero attached hydrogens (tertiary/aromatic N) is 5. The largest absolute Gasteiger partial charge is 0.373 e. The molecule has 1 aliphatic rings. The monoisotopic (exact) mass is 319 g/mol. The molecule has 0 spiro atoms. The third kappa shape index (κ3) is 3.92. The molecule has 7 heteroatoms. The van der Waals surface area contributed by atoms with Crippen LogP contribution in [0, 0.1) is 5.82 Å². The fourth-order valence-electron chi connectivity index (χ4n) is 2.98. The molecule has 1 saturated heterocycles. The van der Waals surface area contributed by atoms with Crippen LogP contribution < -0.4 is 0 Å². The molecule has 0 radical (unpaired) electrons. The first-order chi connectivity index (χ1) is 11.1. The summed E-state index contributed by atoms with van der Waals surface area (Å²) in [4.78, 5) is 2.38. The quantitative estimate of drug-likeness (QED) is 0.845. The Labute approximate surface area is 135 Å². The predicted molar refractivity (Wildman–Crippen MR) is 83.0 cm³/mol. The molecule has 1 fully saturated rings. The molecule has 0 bridgehead atoms. The van der Waals surface area contributed by atoms with Crippen LogP contribution in [0.1, 0.15) is 37.2 Å². The number of likely N-dealkylation sites (tertiary alicyclic amines) is 1. The number of rotatable bonds is 5. The van der Waals surface area contributed by atoms with E-state index >= 15 is 0 Å². The fourth-order valence-corrected chi connectivity index (χ4v) is 2.98. The molecule has 2 heterocycles. The normalized spacial score (nSPS) is 18.2. The van der Waals surface area contributed by atoms with Gasteiger partial charge in [-0.2, -0.15) is 0 Å². The standard InChI is InChI=1S/C16H22FN5O/c1-12(16-18-19-20-21(16)2)22-9-7-15(8-10-22)23-11-13-3-5-14(17)6-4-13/h3-6,12,15H,7-11H2,1-2H3. The van der Waals surface area contributed by atoms with Crippen LogP contribution in [0.5, 0.6) is 0 Å². The Morgan fingerprint density at radius 2 is 1.96 bits per heavy atom. The second-order valence-electron chi connectivity index (χ2n) is 6.01. The molecule has 0 aliphatic carbocycles. The van der Waals surface area contributed by atoms with Gasteiger partial charge in [-0.25, -0.2) is 9.07 Å². The van der Waals surface area contributed by atoms with Crippen molar-refractivity contribution in [3.63, 3.8) is 0 Å². The summed E-state index contributed by atoms with van der Waals surface area (Å²) in [6.07, 6.45) is 2.22. The van der Waals surface area contributed by atoms with E-state index in [1.807, 2.05) is 7.05 Å². The second kappa shape index (κ2) is 7.14. The van der Waals surface area contributed by atoms with Crippen LogP contribution in [0.3, 0.4) is 0 Å². The molecule has 2 aromatic rings. The van der Waals surface area contributed by atoms with E-state index in [0.29, 0.717) is 6.61 Å². The lowest BCUT2D eigenvalue weighted by Gasteiger charge is -2.35. The third-order valence-corrected chi connectivity index (χ3v) is 4.45. The molecule has 0 N–H and O–H groups in total. The minimum absolute atomic E-state index is 0.202. The van der Waals surface area contributed by atoms with Gasteiger partial charge < -0.3 is 4.74 Å². The van der Waals surface area contributed by atoms with Gasteiger partial charge in [0.05, 0.1) is 18.8 Å². The van der Waals surface area contributed by atoms with Crippen LogP contribution >= 0.6 is 0 Å². The summed E-state index contributed by atoms with van der Waals surface area (Å²) >= 11 is 0. The Morgan fingerprint density at radius 1 is 1.26 bits per heavy atom. The molecule has 6 nitrogen and oxygen atoms in total. The smallest absolute Gasteiger partial charge is 0.167 e. The highest BCUT2D eigenvalue weighted by atomic mass is 19.1. The summed E-state index contributed by atoms with van der Waals surface area (Å²) < 4.78 is 20.6. The lowest BCUT2D eigenvalue weighted by atomic mass is 10.1. The molecule has 124 valence electrons. The van der Waals surface area contributed by atoms with Crippen LogP contribution in [-0.2, 0) is 18.4 Å². The van der Waals surface area contributed by atoms with Gasteiger partial charge >= 0.3 is 0 Å². The van der Waals surface area contributed by atoms with Gasteiger partial charge in [0.25, 0.3) is 0 Å². The highest BCUT2D eigenvalue weighted by Crippen LogP contribution is 2.23. The van der Waals surface area contributed by atoms with Crippen molar-refractivity contribution in [2.24, 2.45) is 7.05 Å². The number of benzene rings is 1. The molecule has 1 unspecified atom stereocenters. The molecule has 1 aromatic heterocycles. The lowest BCUT2D eigenvalue weighted by Crippen LogP contribution is -2.39. The van der Waals surface area contributed by atoms with Crippen molar-refractivity contribution in [2.45, 2.75) is 38.5 Å². The van der Waals surface area contributed by atoms with Crippen LogP contribution in [0.2, 0.25) is 0 Å². The van der Waals surface area contributed by atoms with Gasteiger partial charge in [0.1, 0.15) is 5.82 Å². The number of ether oxygens (including phenoxy) is 1. The zero-order valence-corrected chi connectivity index (χ0v) is 13.5. The third-order valence-electron chi connectivity index (χ3n) is 4.45. The number of piperidine rings is 1. The average molecular weight is 319 g/mol. The van der Waals surface area contributed by atoms with Gasteiger partial charge in [-0.1, -0.05) is 12.1 Å². The molecule has 0 amide bonds. The van der Waals surface area contributed by atoms with Crippen molar-refractivity contribution in [3.05, 3.63) is 41.5 Å². The minimum Gasteiger partial charge on any atom is -0.373 e. The van der Waals surface area contributed by atoms with E-state index in [4.69, 9.17) is 4.74 Å². The average Bonchev–Trinajstić information content (AvgIpc) is 3.00. The van der Waals surface area contributed by atoms with Crippen molar-refractivity contribution < 1.29 is 9.13 Å². The molecular weight excluding hydrogens is 297 g/mol. The predicted octanol–water partition coefficient (Wildman–Crippen LogP) is 2.09. The number of aromatic nitrogens is 4. The van der Waals surface area contributed by atoms with E-state index in [1.165, 1.54) is 12.1 Å². The zero-order valence-electron chi connectivity index (χ0n) is 13.5. The number of hydrogen-bond acceptors (Lipinski definition) is 5. The molecule has 1 atom stereocenters. The summed E-state index contributed by atoms with van der Waals surface area (Å²) in [6, 6.07) is 6.69. The lowest BCUT2D eigenvalue weighted by molar-refractivity contribution is -0.0108. The number of halogens is 1. The SMILES string of the molecule is CC(c1nnnn1C)N1CCC(OCc2ccc(F)cc2)CC1. The molecular formula is C16H22FN5O. The van der Waals surface area contributed by atoms with Crippen LogP contribution in [-0.4, -0.2) is 44.3 Å². The first-order valence-corrected chi connectivity index (χ1v) is 7.96. The molecule has 23 heavy (non-hydrogen) atoms. The Bertz CT molecular complexity index is 622. The highest BCUT2D eigenvalue weighted by molar-refractivity contribution is 5.15. The Hall–Kier alpha value is -1.86. The van der Waals surface area contributed by atoms with Gasteiger partial charge in [0.2, 0.25) is 0 Å². The zero-order chi connectivity index (χ0) is 16.2. The van der Waals surface area contributed by atoms with E-state index in [2.05, 4.69) is 27.3 Å². The maximum absolute atomic E-state index is 12.9. The van der Waals surface area contributed by atoms with E-state index in [1.54, 1.807) is 16.8 Å². The number of aryl methyl sites for hydroxylation is 1. The van der Waals surface area contributed by atoms with E-state index in [-0.39, 0.29) is 18.0 Å². The Kier molecular flexibility index (Phi) is 4.97. The van der Waals surface area contributed by atoms with Gasteiger partial charge in [0, 0.05) is 20.1 Å². The molecule has 0 saturated carbocycles. The number of tetrazole rings is 1. The summed E-state index contributed by atoms with van der Waals surface area (Å²) in [7, 11) is 1.87. The minimum atomic E-state index is -0.214. The maximum atomic E-state index is 12.9.